The summed E-state index contributed by atoms with van der Waals surface area (Å²) in [4.78, 5) is 25.9. The first-order valence-corrected chi connectivity index (χ1v) is 10.2. The fourth-order valence-corrected chi connectivity index (χ4v) is 4.26. The first-order valence-electron chi connectivity index (χ1n) is 9.15. The second-order valence-corrected chi connectivity index (χ2v) is 7.37. The summed E-state index contributed by atoms with van der Waals surface area (Å²) < 4.78 is 10.6. The van der Waals surface area contributed by atoms with Gasteiger partial charge in [-0.1, -0.05) is 30.3 Å². The average Bonchev–Trinajstić information content (AvgIpc) is 3.07. The summed E-state index contributed by atoms with van der Waals surface area (Å²) in [5, 5.41) is 9.24. The van der Waals surface area contributed by atoms with E-state index >= 15 is 0 Å². The quantitative estimate of drug-likeness (QED) is 0.685. The van der Waals surface area contributed by atoms with Gasteiger partial charge in [-0.2, -0.15) is 0 Å². The van der Waals surface area contributed by atoms with Crippen molar-refractivity contribution >= 4 is 23.6 Å². The lowest BCUT2D eigenvalue weighted by molar-refractivity contribution is -0.145. The van der Waals surface area contributed by atoms with E-state index in [1.54, 1.807) is 36.9 Å². The number of carbonyl (C=O) groups excluding carboxylic acids is 2. The second-order valence-electron chi connectivity index (χ2n) is 6.30. The molecule has 1 atom stereocenters. The van der Waals surface area contributed by atoms with Gasteiger partial charge in [-0.05, 0) is 37.1 Å². The van der Waals surface area contributed by atoms with Crippen LogP contribution in [0.1, 0.15) is 23.4 Å². The van der Waals surface area contributed by atoms with E-state index in [4.69, 9.17) is 9.47 Å². The largest absolute Gasteiger partial charge is 0.508 e. The standard InChI is InChI=1S/C21H23NO5S/c1-2-26-20(25)13-27-18-6-4-3-5-17(18)21-22(19(24)14-28-21)12-11-15-7-9-16(23)10-8-15/h3-10,21,23H,2,11-14H2,1H3. The number of hydrogen-bond donors (Lipinski definition) is 1. The number of ether oxygens (including phenoxy) is 2. The highest BCUT2D eigenvalue weighted by Gasteiger charge is 2.34. The van der Waals surface area contributed by atoms with Crippen LogP contribution in [0.5, 0.6) is 11.5 Å². The molecule has 148 valence electrons. The van der Waals surface area contributed by atoms with Crippen LogP contribution in [0.2, 0.25) is 0 Å². The number of thioether (sulfide) groups is 1. The molecule has 1 heterocycles. The molecule has 28 heavy (non-hydrogen) atoms. The van der Waals surface area contributed by atoms with Crippen LogP contribution in [-0.4, -0.2) is 47.4 Å². The third-order valence-electron chi connectivity index (χ3n) is 4.38. The van der Waals surface area contributed by atoms with Crippen molar-refractivity contribution < 1.29 is 24.2 Å². The van der Waals surface area contributed by atoms with Crippen LogP contribution >= 0.6 is 11.8 Å². The summed E-state index contributed by atoms with van der Waals surface area (Å²) in [5.41, 5.74) is 1.92. The van der Waals surface area contributed by atoms with Gasteiger partial charge >= 0.3 is 5.97 Å². The molecule has 1 N–H and O–H groups in total. The number of phenolic OH excluding ortho intramolecular Hbond substituents is 1. The highest BCUT2D eigenvalue weighted by molar-refractivity contribution is 8.00. The summed E-state index contributed by atoms with van der Waals surface area (Å²) in [6.07, 6.45) is 0.689. The van der Waals surface area contributed by atoms with Crippen LogP contribution in [0.15, 0.2) is 48.5 Å². The van der Waals surface area contributed by atoms with Gasteiger partial charge in [-0.25, -0.2) is 4.79 Å². The second kappa shape index (κ2) is 9.50. The number of nitrogens with zero attached hydrogens (tertiary/aromatic N) is 1. The lowest BCUT2D eigenvalue weighted by Gasteiger charge is -2.25. The number of para-hydroxylation sites is 1. The van der Waals surface area contributed by atoms with E-state index in [0.717, 1.165) is 11.1 Å². The predicted octanol–water partition coefficient (Wildman–Crippen LogP) is 3.15. The normalized spacial score (nSPS) is 16.2. The molecule has 0 spiro atoms. The van der Waals surface area contributed by atoms with Crippen molar-refractivity contribution in [3.8, 4) is 11.5 Å². The Labute approximate surface area is 168 Å². The molecule has 1 amide bonds. The maximum absolute atomic E-state index is 12.4. The van der Waals surface area contributed by atoms with Gasteiger partial charge in [0.05, 0.1) is 12.4 Å². The summed E-state index contributed by atoms with van der Waals surface area (Å²) in [7, 11) is 0. The third-order valence-corrected chi connectivity index (χ3v) is 5.62. The molecule has 1 unspecified atom stereocenters. The monoisotopic (exact) mass is 401 g/mol. The number of phenols is 1. The zero-order valence-corrected chi connectivity index (χ0v) is 16.5. The van der Waals surface area contributed by atoms with Crippen LogP contribution in [-0.2, 0) is 20.7 Å². The Hall–Kier alpha value is -2.67. The van der Waals surface area contributed by atoms with Crippen molar-refractivity contribution in [3.05, 3.63) is 59.7 Å². The molecule has 1 saturated heterocycles. The Morgan fingerprint density at radius 2 is 1.96 bits per heavy atom. The SMILES string of the molecule is CCOC(=O)COc1ccccc1C1SCC(=O)N1CCc1ccc(O)cc1. The van der Waals surface area contributed by atoms with Gasteiger partial charge in [0.25, 0.3) is 0 Å². The minimum absolute atomic E-state index is 0.0778. The molecular formula is C21H23NO5S. The van der Waals surface area contributed by atoms with Gasteiger partial charge in [0.15, 0.2) is 6.61 Å². The number of esters is 1. The number of benzene rings is 2. The first kappa shape index (κ1) is 20.1. The molecule has 2 aromatic rings. The zero-order chi connectivity index (χ0) is 19.9. The van der Waals surface area contributed by atoms with Gasteiger partial charge < -0.3 is 19.5 Å². The number of amides is 1. The molecule has 1 fully saturated rings. The van der Waals surface area contributed by atoms with Crippen molar-refractivity contribution in [2.75, 3.05) is 25.5 Å². The van der Waals surface area contributed by atoms with Gasteiger partial charge in [0.2, 0.25) is 5.91 Å². The highest BCUT2D eigenvalue weighted by Crippen LogP contribution is 2.42. The summed E-state index contributed by atoms with van der Waals surface area (Å²) in [5.74, 6) is 0.872. The zero-order valence-electron chi connectivity index (χ0n) is 15.7. The van der Waals surface area contributed by atoms with Crippen molar-refractivity contribution in [1.82, 2.24) is 4.90 Å². The molecule has 7 heteroatoms. The Morgan fingerprint density at radius 1 is 1.21 bits per heavy atom. The summed E-state index contributed by atoms with van der Waals surface area (Å²) in [6.45, 7) is 2.46. The van der Waals surface area contributed by atoms with Crippen molar-refractivity contribution in [3.63, 3.8) is 0 Å². The predicted molar refractivity (Wildman–Crippen MR) is 107 cm³/mol. The lowest BCUT2D eigenvalue weighted by Crippen LogP contribution is -2.30. The molecule has 1 aliphatic heterocycles. The van der Waals surface area contributed by atoms with Crippen LogP contribution in [0.3, 0.4) is 0 Å². The molecule has 0 aromatic heterocycles. The van der Waals surface area contributed by atoms with Crippen molar-refractivity contribution in [2.24, 2.45) is 0 Å². The van der Waals surface area contributed by atoms with Crippen LogP contribution in [0.4, 0.5) is 0 Å². The molecule has 0 radical (unpaired) electrons. The van der Waals surface area contributed by atoms with Crippen LogP contribution < -0.4 is 4.74 Å². The van der Waals surface area contributed by atoms with E-state index in [-0.39, 0.29) is 23.6 Å². The van der Waals surface area contributed by atoms with E-state index in [1.807, 2.05) is 35.2 Å². The first-order chi connectivity index (χ1) is 13.6. The van der Waals surface area contributed by atoms with E-state index in [1.165, 1.54) is 0 Å². The highest BCUT2D eigenvalue weighted by atomic mass is 32.2. The van der Waals surface area contributed by atoms with Crippen LogP contribution in [0, 0.1) is 0 Å². The molecular weight excluding hydrogens is 378 g/mol. The summed E-state index contributed by atoms with van der Waals surface area (Å²) >= 11 is 1.55. The van der Waals surface area contributed by atoms with Gasteiger partial charge in [-0.3, -0.25) is 4.79 Å². The van der Waals surface area contributed by atoms with Crippen molar-refractivity contribution in [1.29, 1.82) is 0 Å². The molecule has 0 bridgehead atoms. The number of carbonyl (C=O) groups is 2. The Bertz CT molecular complexity index is 824. The van der Waals surface area contributed by atoms with E-state index in [2.05, 4.69) is 0 Å². The Balaban J connectivity index is 1.71. The Kier molecular flexibility index (Phi) is 6.81. The average molecular weight is 401 g/mol. The Morgan fingerprint density at radius 3 is 2.71 bits per heavy atom. The fourth-order valence-electron chi connectivity index (χ4n) is 3.02. The smallest absolute Gasteiger partial charge is 0.344 e. The topological polar surface area (TPSA) is 76.1 Å². The number of rotatable bonds is 8. The number of hydrogen-bond acceptors (Lipinski definition) is 6. The summed E-state index contributed by atoms with van der Waals surface area (Å²) in [6, 6.07) is 14.5. The van der Waals surface area contributed by atoms with Crippen molar-refractivity contribution in [2.45, 2.75) is 18.7 Å². The molecule has 3 rings (SSSR count). The minimum atomic E-state index is -0.420. The molecule has 1 aliphatic rings. The van der Waals surface area contributed by atoms with E-state index < -0.39 is 5.97 Å². The van der Waals surface area contributed by atoms with E-state index in [0.29, 0.717) is 31.1 Å². The number of aromatic hydroxyl groups is 1. The van der Waals surface area contributed by atoms with Gasteiger partial charge in [0.1, 0.15) is 16.9 Å². The lowest BCUT2D eigenvalue weighted by atomic mass is 10.1. The van der Waals surface area contributed by atoms with Crippen LogP contribution in [0.25, 0.3) is 0 Å². The fraction of sp³-hybridized carbons (Fsp3) is 0.333. The maximum Gasteiger partial charge on any atom is 0.344 e. The van der Waals surface area contributed by atoms with Gasteiger partial charge in [0, 0.05) is 12.1 Å². The van der Waals surface area contributed by atoms with E-state index in [9.17, 15) is 14.7 Å². The molecule has 0 aliphatic carbocycles. The third kappa shape index (κ3) is 4.98. The van der Waals surface area contributed by atoms with Gasteiger partial charge in [-0.15, -0.1) is 11.8 Å². The minimum Gasteiger partial charge on any atom is -0.508 e. The molecule has 2 aromatic carbocycles. The molecule has 0 saturated carbocycles. The molecule has 6 nitrogen and oxygen atoms in total. The maximum atomic E-state index is 12.4.